The molecule has 1 aliphatic heterocycles. The summed E-state index contributed by atoms with van der Waals surface area (Å²) in [6.07, 6.45) is 0. The summed E-state index contributed by atoms with van der Waals surface area (Å²) in [5.41, 5.74) is 0.630. The molecule has 0 amide bonds. The molecule has 0 radical (unpaired) electrons. The van der Waals surface area contributed by atoms with E-state index < -0.39 is 0 Å². The highest BCUT2D eigenvalue weighted by atomic mass is 79.9. The van der Waals surface area contributed by atoms with Gasteiger partial charge in [-0.25, -0.2) is 4.98 Å². The van der Waals surface area contributed by atoms with Crippen LogP contribution in [0.4, 0.5) is 0 Å². The summed E-state index contributed by atoms with van der Waals surface area (Å²) in [7, 11) is 0. The number of rotatable bonds is 1. The van der Waals surface area contributed by atoms with E-state index >= 15 is 0 Å². The van der Waals surface area contributed by atoms with Crippen LogP contribution in [0.2, 0.25) is 0 Å². The molecule has 0 saturated carbocycles. The lowest BCUT2D eigenvalue weighted by molar-refractivity contribution is 0.555. The van der Waals surface area contributed by atoms with Gasteiger partial charge in [-0.1, -0.05) is 27.7 Å². The van der Waals surface area contributed by atoms with Crippen molar-refractivity contribution in [2.75, 3.05) is 11.5 Å². The molecule has 1 N–H and O–H groups in total. The lowest BCUT2D eigenvalue weighted by atomic mass is 9.92. The summed E-state index contributed by atoms with van der Waals surface area (Å²) in [5.74, 6) is 3.11. The topological polar surface area (TPSA) is 45.8 Å². The first-order valence-corrected chi connectivity index (χ1v) is 9.23. The maximum Gasteiger partial charge on any atom is 0.265 e. The number of thioether (sulfide) groups is 2. The second kappa shape index (κ2) is 5.82. The van der Waals surface area contributed by atoms with Crippen LogP contribution in [0.3, 0.4) is 0 Å². The Kier molecular flexibility index (Phi) is 4.73. The Morgan fingerprint density at radius 2 is 1.95 bits per heavy atom. The molecule has 3 nitrogen and oxygen atoms in total. The molecule has 106 valence electrons. The van der Waals surface area contributed by atoms with Gasteiger partial charge in [-0.3, -0.25) is 4.79 Å². The molecule has 2 heterocycles. The van der Waals surface area contributed by atoms with Crippen LogP contribution >= 0.6 is 39.5 Å². The lowest BCUT2D eigenvalue weighted by Gasteiger charge is -2.28. The molecule has 19 heavy (non-hydrogen) atoms. The van der Waals surface area contributed by atoms with Crippen molar-refractivity contribution in [2.45, 2.75) is 43.6 Å². The van der Waals surface area contributed by atoms with Crippen molar-refractivity contribution < 1.29 is 0 Å². The van der Waals surface area contributed by atoms with Crippen molar-refractivity contribution in [1.82, 2.24) is 9.97 Å². The molecule has 2 atom stereocenters. The Morgan fingerprint density at radius 3 is 2.53 bits per heavy atom. The molecule has 2 unspecified atom stereocenters. The molecule has 0 aliphatic carbocycles. The summed E-state index contributed by atoms with van der Waals surface area (Å²) >= 11 is 7.21. The van der Waals surface area contributed by atoms with E-state index in [1.54, 1.807) is 0 Å². The van der Waals surface area contributed by atoms with Crippen molar-refractivity contribution >= 4 is 39.5 Å². The van der Waals surface area contributed by atoms with Crippen LogP contribution in [-0.2, 0) is 5.41 Å². The third-order valence-electron chi connectivity index (χ3n) is 3.05. The minimum Gasteiger partial charge on any atom is -0.309 e. The van der Waals surface area contributed by atoms with Crippen molar-refractivity contribution in [2.24, 2.45) is 0 Å². The van der Waals surface area contributed by atoms with Gasteiger partial charge < -0.3 is 4.98 Å². The summed E-state index contributed by atoms with van der Waals surface area (Å²) in [6, 6.07) is 0. The highest BCUT2D eigenvalue weighted by Crippen LogP contribution is 2.41. The second-order valence-corrected chi connectivity index (χ2v) is 9.26. The van der Waals surface area contributed by atoms with Crippen LogP contribution in [0.15, 0.2) is 9.27 Å². The van der Waals surface area contributed by atoms with Gasteiger partial charge >= 0.3 is 0 Å². The van der Waals surface area contributed by atoms with Crippen LogP contribution < -0.4 is 5.56 Å². The van der Waals surface area contributed by atoms with Crippen molar-refractivity contribution in [3.8, 4) is 0 Å². The highest BCUT2D eigenvalue weighted by Gasteiger charge is 2.29. The first-order chi connectivity index (χ1) is 8.80. The van der Waals surface area contributed by atoms with Crippen LogP contribution in [0, 0.1) is 0 Å². The standard InChI is InChI=1S/C13H19BrN2OS2/c1-7-9(19-6-5-18-7)11-15-10(13(2,3)4)8(14)12(17)16-11/h7,9H,5-6H2,1-4H3,(H,15,16,17). The maximum atomic E-state index is 12.1. The summed E-state index contributed by atoms with van der Waals surface area (Å²) in [6.45, 7) is 8.45. The number of nitrogens with zero attached hydrogens (tertiary/aromatic N) is 1. The average Bonchev–Trinajstić information content (AvgIpc) is 2.31. The largest absolute Gasteiger partial charge is 0.309 e. The van der Waals surface area contributed by atoms with E-state index in [1.165, 1.54) is 5.75 Å². The van der Waals surface area contributed by atoms with E-state index in [1.807, 2.05) is 23.5 Å². The number of aromatic amines is 1. The SMILES string of the molecule is CC1SCCSC1c1nc(C(C)(C)C)c(Br)c(=O)[nH]1. The zero-order valence-corrected chi connectivity index (χ0v) is 14.8. The van der Waals surface area contributed by atoms with Gasteiger partial charge in [0.05, 0.1) is 10.9 Å². The van der Waals surface area contributed by atoms with Crippen LogP contribution in [0.25, 0.3) is 0 Å². The molecule has 1 aromatic rings. The Hall–Kier alpha value is 0.0600. The molecular formula is C13H19BrN2OS2. The zero-order valence-electron chi connectivity index (χ0n) is 11.6. The monoisotopic (exact) mass is 362 g/mol. The van der Waals surface area contributed by atoms with E-state index in [9.17, 15) is 4.79 Å². The summed E-state index contributed by atoms with van der Waals surface area (Å²) < 4.78 is 0.560. The van der Waals surface area contributed by atoms with Crippen LogP contribution in [0.5, 0.6) is 0 Å². The van der Waals surface area contributed by atoms with E-state index in [0.29, 0.717) is 9.72 Å². The third kappa shape index (κ3) is 3.39. The third-order valence-corrected chi connectivity index (χ3v) is 6.88. The fourth-order valence-electron chi connectivity index (χ4n) is 2.04. The number of aromatic nitrogens is 2. The van der Waals surface area contributed by atoms with Gasteiger partial charge in [0.25, 0.3) is 5.56 Å². The quantitative estimate of drug-likeness (QED) is 0.826. The predicted octanol–water partition coefficient (Wildman–Crippen LogP) is 3.74. The van der Waals surface area contributed by atoms with Crippen molar-refractivity contribution in [3.05, 3.63) is 26.3 Å². The average molecular weight is 363 g/mol. The molecule has 0 aromatic carbocycles. The number of H-pyrrole nitrogens is 1. The Balaban J connectivity index is 2.47. The predicted molar refractivity (Wildman–Crippen MR) is 88.4 cm³/mol. The van der Waals surface area contributed by atoms with E-state index in [0.717, 1.165) is 17.3 Å². The first-order valence-electron chi connectivity index (χ1n) is 6.34. The van der Waals surface area contributed by atoms with Crippen LogP contribution in [-0.4, -0.2) is 26.7 Å². The molecule has 1 aliphatic rings. The smallest absolute Gasteiger partial charge is 0.265 e. The van der Waals surface area contributed by atoms with E-state index in [4.69, 9.17) is 4.98 Å². The molecule has 2 rings (SSSR count). The van der Waals surface area contributed by atoms with Crippen molar-refractivity contribution in [3.63, 3.8) is 0 Å². The van der Waals surface area contributed by atoms with Crippen LogP contribution in [0.1, 0.15) is 44.5 Å². The highest BCUT2D eigenvalue weighted by molar-refractivity contribution is 9.10. The second-order valence-electron chi connectivity index (χ2n) is 5.73. The molecule has 0 spiro atoms. The summed E-state index contributed by atoms with van der Waals surface area (Å²) in [4.78, 5) is 19.8. The fourth-order valence-corrected chi connectivity index (χ4v) is 5.53. The van der Waals surface area contributed by atoms with Gasteiger partial charge in [-0.2, -0.15) is 11.8 Å². The maximum absolute atomic E-state index is 12.1. The zero-order chi connectivity index (χ0) is 14.2. The number of nitrogens with one attached hydrogen (secondary N) is 1. The van der Waals surface area contributed by atoms with Gasteiger partial charge in [-0.15, -0.1) is 11.8 Å². The van der Waals surface area contributed by atoms with Gasteiger partial charge in [0.1, 0.15) is 10.3 Å². The fraction of sp³-hybridized carbons (Fsp3) is 0.692. The molecule has 0 bridgehead atoms. The number of hydrogen-bond acceptors (Lipinski definition) is 4. The molecular weight excluding hydrogens is 344 g/mol. The summed E-state index contributed by atoms with van der Waals surface area (Å²) in [5, 5.41) is 0.761. The molecule has 1 saturated heterocycles. The normalized spacial score (nSPS) is 24.5. The number of hydrogen-bond donors (Lipinski definition) is 1. The minimum atomic E-state index is -0.141. The van der Waals surface area contributed by atoms with Gasteiger partial charge in [0.15, 0.2) is 0 Å². The van der Waals surface area contributed by atoms with Gasteiger partial charge in [0, 0.05) is 22.2 Å². The van der Waals surface area contributed by atoms with Gasteiger partial charge in [0.2, 0.25) is 0 Å². The van der Waals surface area contributed by atoms with E-state index in [-0.39, 0.29) is 16.2 Å². The Morgan fingerprint density at radius 1 is 1.32 bits per heavy atom. The van der Waals surface area contributed by atoms with Gasteiger partial charge in [-0.05, 0) is 15.9 Å². The molecule has 6 heteroatoms. The van der Waals surface area contributed by atoms with E-state index in [2.05, 4.69) is 48.6 Å². The molecule has 1 fully saturated rings. The molecule has 1 aromatic heterocycles. The minimum absolute atomic E-state index is 0.0710. The lowest BCUT2D eigenvalue weighted by Crippen LogP contribution is -2.27. The first kappa shape index (κ1) is 15.4. The van der Waals surface area contributed by atoms with Crippen molar-refractivity contribution in [1.29, 1.82) is 0 Å². The number of halogens is 1. The Bertz CT molecular complexity index is 524. The Labute approximate surface area is 130 Å².